The van der Waals surface area contributed by atoms with Crippen molar-refractivity contribution in [3.8, 4) is 0 Å². The van der Waals surface area contributed by atoms with E-state index in [1.165, 1.54) is 47.5 Å². The molecule has 1 aliphatic heterocycles. The normalized spacial score (nSPS) is 14.9. The zero-order valence-corrected chi connectivity index (χ0v) is 20.1. The second-order valence-electron chi connectivity index (χ2n) is 8.52. The third-order valence-corrected chi connectivity index (χ3v) is 7.68. The van der Waals surface area contributed by atoms with Crippen LogP contribution < -0.4 is 4.72 Å². The lowest BCUT2D eigenvalue weighted by Gasteiger charge is -2.35. The Bertz CT molecular complexity index is 1280. The molecule has 0 bridgehead atoms. The molecular formula is C26H29N3O4S. The topological polar surface area (TPSA) is 86.8 Å². The van der Waals surface area contributed by atoms with E-state index in [-0.39, 0.29) is 29.6 Å². The molecule has 0 spiro atoms. The van der Waals surface area contributed by atoms with Gasteiger partial charge in [0.15, 0.2) is 5.78 Å². The zero-order chi connectivity index (χ0) is 24.1. The van der Waals surface area contributed by atoms with E-state index in [2.05, 4.69) is 46.0 Å². The van der Waals surface area contributed by atoms with Gasteiger partial charge in [-0.2, -0.15) is 0 Å². The average molecular weight is 480 g/mol. The fourth-order valence-electron chi connectivity index (χ4n) is 4.23. The van der Waals surface area contributed by atoms with Crippen LogP contribution in [-0.4, -0.2) is 62.6 Å². The number of ketones is 1. The van der Waals surface area contributed by atoms with Crippen molar-refractivity contribution in [1.82, 2.24) is 14.5 Å². The van der Waals surface area contributed by atoms with E-state index in [1.807, 2.05) is 6.07 Å². The molecule has 34 heavy (non-hydrogen) atoms. The van der Waals surface area contributed by atoms with Crippen LogP contribution in [0.3, 0.4) is 0 Å². The molecule has 178 valence electrons. The number of Topliss-reactive ketones (excluding diaryl/α,β-unsaturated/α-hetero) is 1. The van der Waals surface area contributed by atoms with Gasteiger partial charge in [0.2, 0.25) is 15.9 Å². The molecule has 1 N–H and O–H groups in total. The van der Waals surface area contributed by atoms with Gasteiger partial charge in [0.1, 0.15) is 0 Å². The minimum absolute atomic E-state index is 0.0336. The summed E-state index contributed by atoms with van der Waals surface area (Å²) in [6, 6.07) is 20.5. The maximum absolute atomic E-state index is 12.6. The molecule has 1 saturated heterocycles. The summed E-state index contributed by atoms with van der Waals surface area (Å²) < 4.78 is 27.4. The largest absolute Gasteiger partial charge is 0.340 e. The van der Waals surface area contributed by atoms with Crippen molar-refractivity contribution in [3.63, 3.8) is 0 Å². The smallest absolute Gasteiger partial charge is 0.240 e. The second kappa shape index (κ2) is 10.5. The van der Waals surface area contributed by atoms with Crippen LogP contribution in [0.4, 0.5) is 0 Å². The molecule has 1 fully saturated rings. The van der Waals surface area contributed by atoms with Crippen molar-refractivity contribution < 1.29 is 18.0 Å². The van der Waals surface area contributed by atoms with Crippen LogP contribution in [0, 0.1) is 0 Å². The van der Waals surface area contributed by atoms with E-state index in [9.17, 15) is 18.0 Å². The van der Waals surface area contributed by atoms with Gasteiger partial charge in [-0.25, -0.2) is 13.1 Å². The van der Waals surface area contributed by atoms with Gasteiger partial charge in [-0.1, -0.05) is 54.6 Å². The molecule has 3 aromatic carbocycles. The van der Waals surface area contributed by atoms with E-state index >= 15 is 0 Å². The highest BCUT2D eigenvalue weighted by Gasteiger charge is 2.22. The van der Waals surface area contributed by atoms with Crippen LogP contribution in [0.1, 0.15) is 29.3 Å². The van der Waals surface area contributed by atoms with Crippen LogP contribution in [-0.2, 0) is 21.4 Å². The summed E-state index contributed by atoms with van der Waals surface area (Å²) in [7, 11) is -3.73. The first-order valence-electron chi connectivity index (χ1n) is 11.4. The number of amides is 1. The fourth-order valence-corrected chi connectivity index (χ4v) is 5.26. The summed E-state index contributed by atoms with van der Waals surface area (Å²) in [5.74, 6) is -0.181. The standard InChI is InChI=1S/C26H29N3O4S/c1-20(30)21-9-11-24(12-10-21)34(32,33)27-14-13-26(31)29-17-15-28(16-18-29)19-23-7-4-6-22-5-2-3-8-25(22)23/h2-12,27H,13-19H2,1H3. The Kier molecular flexibility index (Phi) is 7.41. The molecule has 1 amide bonds. The quantitative estimate of drug-likeness (QED) is 0.502. The van der Waals surface area contributed by atoms with Gasteiger partial charge in [0, 0.05) is 51.3 Å². The molecule has 4 rings (SSSR count). The molecule has 0 aliphatic carbocycles. The summed E-state index contributed by atoms with van der Waals surface area (Å²) in [5, 5.41) is 2.48. The van der Waals surface area contributed by atoms with E-state index < -0.39 is 10.0 Å². The maximum atomic E-state index is 12.6. The molecule has 7 nitrogen and oxygen atoms in total. The summed E-state index contributed by atoms with van der Waals surface area (Å²) in [6.45, 7) is 5.12. The van der Waals surface area contributed by atoms with Gasteiger partial charge >= 0.3 is 0 Å². The van der Waals surface area contributed by atoms with Crippen LogP contribution in [0.25, 0.3) is 10.8 Å². The number of rotatable bonds is 8. The summed E-state index contributed by atoms with van der Waals surface area (Å²) >= 11 is 0. The van der Waals surface area contributed by atoms with Gasteiger partial charge in [-0.3, -0.25) is 14.5 Å². The Labute approximate surface area is 200 Å². The Hall–Kier alpha value is -3.07. The van der Waals surface area contributed by atoms with E-state index in [4.69, 9.17) is 0 Å². The third kappa shape index (κ3) is 5.70. The number of nitrogens with one attached hydrogen (secondary N) is 1. The predicted octanol–water partition coefficient (Wildman–Crippen LogP) is 3.06. The van der Waals surface area contributed by atoms with Crippen molar-refractivity contribution in [2.24, 2.45) is 0 Å². The molecule has 0 aromatic heterocycles. The Morgan fingerprint density at radius 2 is 1.56 bits per heavy atom. The summed E-state index contributed by atoms with van der Waals surface area (Å²) in [4.78, 5) is 28.2. The van der Waals surface area contributed by atoms with E-state index in [0.717, 1.165) is 19.6 Å². The van der Waals surface area contributed by atoms with Crippen LogP contribution in [0.5, 0.6) is 0 Å². The van der Waals surface area contributed by atoms with E-state index in [1.54, 1.807) is 4.90 Å². The number of carbonyl (C=O) groups excluding carboxylic acids is 2. The van der Waals surface area contributed by atoms with Gasteiger partial charge in [-0.15, -0.1) is 0 Å². The highest BCUT2D eigenvalue weighted by molar-refractivity contribution is 7.89. The van der Waals surface area contributed by atoms with Crippen LogP contribution in [0.2, 0.25) is 0 Å². The number of benzene rings is 3. The fraction of sp³-hybridized carbons (Fsp3) is 0.308. The van der Waals surface area contributed by atoms with Crippen LogP contribution in [0.15, 0.2) is 71.6 Å². The first-order chi connectivity index (χ1) is 16.3. The number of hydrogen-bond acceptors (Lipinski definition) is 5. The van der Waals surface area contributed by atoms with Gasteiger partial charge in [0.05, 0.1) is 4.90 Å². The van der Waals surface area contributed by atoms with Gasteiger partial charge in [0.25, 0.3) is 0 Å². The molecule has 0 unspecified atom stereocenters. The molecule has 3 aromatic rings. The number of nitrogens with zero attached hydrogens (tertiary/aromatic N) is 2. The Morgan fingerprint density at radius 3 is 2.26 bits per heavy atom. The van der Waals surface area contributed by atoms with Gasteiger partial charge in [-0.05, 0) is 35.4 Å². The highest BCUT2D eigenvalue weighted by Crippen LogP contribution is 2.20. The molecule has 1 aliphatic rings. The lowest BCUT2D eigenvalue weighted by atomic mass is 10.0. The Morgan fingerprint density at radius 1 is 0.882 bits per heavy atom. The van der Waals surface area contributed by atoms with Crippen molar-refractivity contribution in [1.29, 1.82) is 0 Å². The first-order valence-corrected chi connectivity index (χ1v) is 12.9. The van der Waals surface area contributed by atoms with E-state index in [0.29, 0.717) is 18.7 Å². The third-order valence-electron chi connectivity index (χ3n) is 6.20. The summed E-state index contributed by atoms with van der Waals surface area (Å²) in [5.41, 5.74) is 1.73. The van der Waals surface area contributed by atoms with Crippen LogP contribution >= 0.6 is 0 Å². The molecule has 1 heterocycles. The molecule has 0 radical (unpaired) electrons. The monoisotopic (exact) mass is 479 g/mol. The average Bonchev–Trinajstić information content (AvgIpc) is 2.84. The zero-order valence-electron chi connectivity index (χ0n) is 19.2. The van der Waals surface area contributed by atoms with Gasteiger partial charge < -0.3 is 4.90 Å². The number of fused-ring (bicyclic) bond motifs is 1. The molecule has 8 heteroatoms. The first kappa shape index (κ1) is 24.1. The maximum Gasteiger partial charge on any atom is 0.240 e. The molecule has 0 saturated carbocycles. The summed E-state index contributed by atoms with van der Waals surface area (Å²) in [6.07, 6.45) is 0.105. The lowest BCUT2D eigenvalue weighted by molar-refractivity contribution is -0.132. The minimum atomic E-state index is -3.73. The van der Waals surface area contributed by atoms with Crippen molar-refractivity contribution in [2.45, 2.75) is 24.8 Å². The Balaban J connectivity index is 1.25. The number of piperazine rings is 1. The number of carbonyl (C=O) groups is 2. The second-order valence-corrected chi connectivity index (χ2v) is 10.3. The highest BCUT2D eigenvalue weighted by atomic mass is 32.2. The number of hydrogen-bond donors (Lipinski definition) is 1. The number of sulfonamides is 1. The minimum Gasteiger partial charge on any atom is -0.340 e. The van der Waals surface area contributed by atoms with Crippen molar-refractivity contribution in [3.05, 3.63) is 77.9 Å². The molecule has 0 atom stereocenters. The predicted molar refractivity (Wildman–Crippen MR) is 132 cm³/mol. The molecular weight excluding hydrogens is 450 g/mol. The SMILES string of the molecule is CC(=O)c1ccc(S(=O)(=O)NCCC(=O)N2CCN(Cc3cccc4ccccc34)CC2)cc1. The lowest BCUT2D eigenvalue weighted by Crippen LogP contribution is -2.48. The van der Waals surface area contributed by atoms with Crippen molar-refractivity contribution in [2.75, 3.05) is 32.7 Å². The van der Waals surface area contributed by atoms with Crippen molar-refractivity contribution >= 4 is 32.5 Å².